The van der Waals surface area contributed by atoms with Gasteiger partial charge in [0.05, 0.1) is 10.7 Å². The van der Waals surface area contributed by atoms with E-state index in [0.29, 0.717) is 11.5 Å². The largest absolute Gasteiger partial charge is 0.573 e. The summed E-state index contributed by atoms with van der Waals surface area (Å²) in [5.74, 6) is 0.426. The molecule has 4 nitrogen and oxygen atoms in total. The van der Waals surface area contributed by atoms with Crippen LogP contribution in [0.2, 0.25) is 0 Å². The molecule has 2 rings (SSSR count). The van der Waals surface area contributed by atoms with Crippen LogP contribution in [0.5, 0.6) is 17.2 Å². The summed E-state index contributed by atoms with van der Waals surface area (Å²) in [7, 11) is 0. The number of alkyl halides is 3. The summed E-state index contributed by atoms with van der Waals surface area (Å²) in [5.41, 5.74) is 6.30. The van der Waals surface area contributed by atoms with Crippen molar-refractivity contribution in [2.75, 3.05) is 0 Å². The Balaban J connectivity index is 2.21. The van der Waals surface area contributed by atoms with Crippen LogP contribution in [0.15, 0.2) is 41.1 Å². The van der Waals surface area contributed by atoms with Gasteiger partial charge in [-0.25, -0.2) is 0 Å². The Morgan fingerprint density at radius 1 is 1.19 bits per heavy atom. The van der Waals surface area contributed by atoms with E-state index in [4.69, 9.17) is 10.5 Å². The molecule has 0 amide bonds. The molecule has 1 aromatic carbocycles. The number of hydrogen-bond acceptors (Lipinski definition) is 4. The molecule has 1 heterocycles. The number of ether oxygens (including phenoxy) is 2. The molecule has 2 aromatic rings. The molecule has 8 heteroatoms. The summed E-state index contributed by atoms with van der Waals surface area (Å²) < 4.78 is 46.0. The average Bonchev–Trinajstić information content (AvgIpc) is 2.41. The maximum atomic E-state index is 12.2. The third-order valence-corrected chi connectivity index (χ3v) is 3.07. The van der Waals surface area contributed by atoms with Gasteiger partial charge in [-0.2, -0.15) is 0 Å². The third kappa shape index (κ3) is 4.33. The van der Waals surface area contributed by atoms with E-state index in [0.717, 1.165) is 11.6 Å². The summed E-state index contributed by atoms with van der Waals surface area (Å²) >= 11 is 3.00. The van der Waals surface area contributed by atoms with Gasteiger partial charge < -0.3 is 15.2 Å². The van der Waals surface area contributed by atoms with E-state index in [2.05, 4.69) is 25.7 Å². The van der Waals surface area contributed by atoms with Crippen molar-refractivity contribution >= 4 is 15.9 Å². The summed E-state index contributed by atoms with van der Waals surface area (Å²) in [6.07, 6.45) is -1.69. The van der Waals surface area contributed by atoms with Crippen LogP contribution >= 0.6 is 15.9 Å². The summed E-state index contributed by atoms with van der Waals surface area (Å²) in [6, 6.07) is 5.59. The average molecular weight is 363 g/mol. The molecule has 21 heavy (non-hydrogen) atoms. The van der Waals surface area contributed by atoms with E-state index in [1.54, 1.807) is 12.3 Å². The standard InChI is InChI=1S/C13H10BrF3N2O2/c14-10-5-9(1-2-11(10)21-13(15,16)17)20-12-7-19-4-3-8(12)6-18/h1-5,7H,6,18H2. The molecule has 0 aliphatic rings. The second-order valence-electron chi connectivity index (χ2n) is 3.93. The first-order chi connectivity index (χ1) is 9.89. The van der Waals surface area contributed by atoms with Gasteiger partial charge in [-0.15, -0.1) is 13.2 Å². The summed E-state index contributed by atoms with van der Waals surface area (Å²) in [5, 5.41) is 0. The molecule has 112 valence electrons. The maximum Gasteiger partial charge on any atom is 0.573 e. The highest BCUT2D eigenvalue weighted by Gasteiger charge is 2.32. The highest BCUT2D eigenvalue weighted by molar-refractivity contribution is 9.10. The lowest BCUT2D eigenvalue weighted by Gasteiger charge is -2.13. The van der Waals surface area contributed by atoms with Crippen LogP contribution in [0.3, 0.4) is 0 Å². The molecule has 0 saturated carbocycles. The number of pyridine rings is 1. The molecular weight excluding hydrogens is 353 g/mol. The van der Waals surface area contributed by atoms with E-state index in [1.807, 2.05) is 0 Å². The lowest BCUT2D eigenvalue weighted by molar-refractivity contribution is -0.274. The fourth-order valence-corrected chi connectivity index (χ4v) is 1.99. The fourth-order valence-electron chi connectivity index (χ4n) is 1.55. The molecule has 0 saturated heterocycles. The maximum absolute atomic E-state index is 12.2. The van der Waals surface area contributed by atoms with Crippen molar-refractivity contribution in [2.45, 2.75) is 12.9 Å². The Hall–Kier alpha value is -1.80. The number of aromatic nitrogens is 1. The molecule has 0 unspecified atom stereocenters. The second kappa shape index (κ2) is 6.31. The number of halogens is 4. The molecule has 0 spiro atoms. The summed E-state index contributed by atoms with van der Waals surface area (Å²) in [6.45, 7) is 0.258. The van der Waals surface area contributed by atoms with Gasteiger partial charge in [-0.05, 0) is 40.2 Å². The van der Waals surface area contributed by atoms with Gasteiger partial charge in [0.15, 0.2) is 0 Å². The van der Waals surface area contributed by atoms with E-state index < -0.39 is 6.36 Å². The highest BCUT2D eigenvalue weighted by atomic mass is 79.9. The lowest BCUT2D eigenvalue weighted by Crippen LogP contribution is -2.17. The van der Waals surface area contributed by atoms with Crippen molar-refractivity contribution in [3.8, 4) is 17.2 Å². The zero-order valence-corrected chi connectivity index (χ0v) is 12.1. The first-order valence-electron chi connectivity index (χ1n) is 5.75. The molecule has 0 fully saturated rings. The minimum Gasteiger partial charge on any atom is -0.455 e. The van der Waals surface area contributed by atoms with E-state index in [9.17, 15) is 13.2 Å². The number of benzene rings is 1. The van der Waals surface area contributed by atoms with Gasteiger partial charge >= 0.3 is 6.36 Å². The Bertz CT molecular complexity index is 635. The van der Waals surface area contributed by atoms with Crippen LogP contribution in [0, 0.1) is 0 Å². The van der Waals surface area contributed by atoms with Crippen molar-refractivity contribution < 1.29 is 22.6 Å². The van der Waals surface area contributed by atoms with Crippen molar-refractivity contribution in [3.63, 3.8) is 0 Å². The van der Waals surface area contributed by atoms with Gasteiger partial charge in [-0.3, -0.25) is 4.98 Å². The van der Waals surface area contributed by atoms with Crippen molar-refractivity contribution in [2.24, 2.45) is 5.73 Å². The Kier molecular flexibility index (Phi) is 4.69. The first-order valence-corrected chi connectivity index (χ1v) is 6.54. The van der Waals surface area contributed by atoms with Crippen molar-refractivity contribution in [1.82, 2.24) is 4.98 Å². The van der Waals surface area contributed by atoms with Gasteiger partial charge in [-0.1, -0.05) is 0 Å². The number of nitrogens with two attached hydrogens (primary N) is 1. The van der Waals surface area contributed by atoms with E-state index in [1.165, 1.54) is 18.3 Å². The number of hydrogen-bond donors (Lipinski definition) is 1. The topological polar surface area (TPSA) is 57.4 Å². The summed E-state index contributed by atoms with van der Waals surface area (Å²) in [4.78, 5) is 3.91. The molecule has 1 aromatic heterocycles. The van der Waals surface area contributed by atoms with E-state index in [-0.39, 0.29) is 16.8 Å². The predicted molar refractivity (Wildman–Crippen MR) is 73.0 cm³/mol. The molecule has 0 aliphatic carbocycles. The minimum absolute atomic E-state index is 0.121. The number of nitrogens with zero attached hydrogens (tertiary/aromatic N) is 1. The molecule has 0 radical (unpaired) electrons. The van der Waals surface area contributed by atoms with E-state index >= 15 is 0 Å². The monoisotopic (exact) mass is 362 g/mol. The molecule has 0 bridgehead atoms. The second-order valence-corrected chi connectivity index (χ2v) is 4.78. The Labute approximate surface area is 126 Å². The Morgan fingerprint density at radius 3 is 2.57 bits per heavy atom. The third-order valence-electron chi connectivity index (χ3n) is 2.45. The predicted octanol–water partition coefficient (Wildman–Crippen LogP) is 3.99. The van der Waals surface area contributed by atoms with Crippen molar-refractivity contribution in [3.05, 3.63) is 46.7 Å². The van der Waals surface area contributed by atoms with Crippen LogP contribution in [-0.4, -0.2) is 11.3 Å². The zero-order chi connectivity index (χ0) is 15.5. The van der Waals surface area contributed by atoms with Crippen LogP contribution in [-0.2, 0) is 6.54 Å². The van der Waals surface area contributed by atoms with Gasteiger partial charge in [0, 0.05) is 18.3 Å². The van der Waals surface area contributed by atoms with Crippen molar-refractivity contribution in [1.29, 1.82) is 0 Å². The highest BCUT2D eigenvalue weighted by Crippen LogP contribution is 2.35. The van der Waals surface area contributed by atoms with Crippen LogP contribution in [0.25, 0.3) is 0 Å². The zero-order valence-electron chi connectivity index (χ0n) is 10.5. The smallest absolute Gasteiger partial charge is 0.455 e. The van der Waals surface area contributed by atoms with Gasteiger partial charge in [0.25, 0.3) is 0 Å². The normalized spacial score (nSPS) is 11.3. The van der Waals surface area contributed by atoms with Crippen LogP contribution in [0.4, 0.5) is 13.2 Å². The van der Waals surface area contributed by atoms with Crippen LogP contribution in [0.1, 0.15) is 5.56 Å². The molecular formula is C13H10BrF3N2O2. The van der Waals surface area contributed by atoms with Gasteiger partial charge in [0.2, 0.25) is 0 Å². The quantitative estimate of drug-likeness (QED) is 0.893. The minimum atomic E-state index is -4.75. The van der Waals surface area contributed by atoms with Crippen LogP contribution < -0.4 is 15.2 Å². The first kappa shape index (κ1) is 15.6. The fraction of sp³-hybridized carbons (Fsp3) is 0.154. The molecule has 2 N–H and O–H groups in total. The lowest BCUT2D eigenvalue weighted by atomic mass is 10.2. The number of rotatable bonds is 4. The Morgan fingerprint density at radius 2 is 1.95 bits per heavy atom. The molecule has 0 atom stereocenters. The SMILES string of the molecule is NCc1ccncc1Oc1ccc(OC(F)(F)F)c(Br)c1. The van der Waals surface area contributed by atoms with Gasteiger partial charge in [0.1, 0.15) is 17.2 Å². The molecule has 0 aliphatic heterocycles.